The minimum absolute atomic E-state index is 0.0824. The van der Waals surface area contributed by atoms with Gasteiger partial charge in [0.05, 0.1) is 6.61 Å². The van der Waals surface area contributed by atoms with Gasteiger partial charge in [-0.15, -0.1) is 0 Å². The summed E-state index contributed by atoms with van der Waals surface area (Å²) in [5.74, 6) is 0.315. The van der Waals surface area contributed by atoms with Gasteiger partial charge in [-0.05, 0) is 24.0 Å². The Morgan fingerprint density at radius 3 is 2.50 bits per heavy atom. The first-order valence-corrected chi connectivity index (χ1v) is 6.78. The normalized spacial score (nSPS) is 19.9. The lowest BCUT2D eigenvalue weighted by Gasteiger charge is -2.34. The van der Waals surface area contributed by atoms with Crippen LogP contribution in [0.1, 0.15) is 37.7 Å². The van der Waals surface area contributed by atoms with Gasteiger partial charge in [-0.1, -0.05) is 43.9 Å². The molecule has 0 saturated heterocycles. The van der Waals surface area contributed by atoms with E-state index in [9.17, 15) is 9.50 Å². The molecule has 2 nitrogen and oxygen atoms in total. The zero-order valence-electron chi connectivity index (χ0n) is 10.7. The van der Waals surface area contributed by atoms with E-state index in [1.165, 1.54) is 31.7 Å². The highest BCUT2D eigenvalue weighted by molar-refractivity contribution is 5.28. The quantitative estimate of drug-likeness (QED) is 0.845. The molecule has 0 bridgehead atoms. The van der Waals surface area contributed by atoms with Crippen LogP contribution in [-0.4, -0.2) is 18.3 Å². The van der Waals surface area contributed by atoms with E-state index in [1.54, 1.807) is 12.1 Å². The fraction of sp³-hybridized carbons (Fsp3) is 0.600. The Hall–Kier alpha value is -0.930. The molecule has 1 unspecified atom stereocenters. The van der Waals surface area contributed by atoms with Crippen LogP contribution >= 0.6 is 0 Å². The second-order valence-electron chi connectivity index (χ2n) is 5.48. The van der Waals surface area contributed by atoms with Gasteiger partial charge in [0.1, 0.15) is 5.82 Å². The van der Waals surface area contributed by atoms with Gasteiger partial charge in [-0.3, -0.25) is 0 Å². The van der Waals surface area contributed by atoms with Crippen molar-refractivity contribution in [2.75, 3.05) is 13.2 Å². The molecule has 0 radical (unpaired) electrons. The van der Waals surface area contributed by atoms with Crippen molar-refractivity contribution < 1.29 is 9.50 Å². The summed E-state index contributed by atoms with van der Waals surface area (Å²) >= 11 is 0. The molecule has 1 saturated carbocycles. The van der Waals surface area contributed by atoms with Crippen molar-refractivity contribution in [2.24, 2.45) is 11.7 Å². The molecule has 0 aliphatic heterocycles. The lowest BCUT2D eigenvalue weighted by Crippen LogP contribution is -2.41. The minimum Gasteiger partial charge on any atom is -0.395 e. The number of benzene rings is 1. The van der Waals surface area contributed by atoms with Crippen LogP contribution in [-0.2, 0) is 5.41 Å². The molecule has 3 heteroatoms. The molecular weight excluding hydrogens is 229 g/mol. The summed E-state index contributed by atoms with van der Waals surface area (Å²) in [5.41, 5.74) is 5.83. The SMILES string of the molecule is NCC(CO)(CC1CCCC1)c1ccccc1F. The Morgan fingerprint density at radius 2 is 1.94 bits per heavy atom. The van der Waals surface area contributed by atoms with Crippen LogP contribution in [0.25, 0.3) is 0 Å². The molecule has 0 aromatic heterocycles. The Morgan fingerprint density at radius 1 is 1.28 bits per heavy atom. The van der Waals surface area contributed by atoms with E-state index in [1.807, 2.05) is 6.07 Å². The highest BCUT2D eigenvalue weighted by Crippen LogP contribution is 2.38. The molecule has 1 aliphatic carbocycles. The van der Waals surface area contributed by atoms with Crippen molar-refractivity contribution >= 4 is 0 Å². The van der Waals surface area contributed by atoms with E-state index in [4.69, 9.17) is 5.73 Å². The van der Waals surface area contributed by atoms with Crippen LogP contribution in [0.4, 0.5) is 4.39 Å². The topological polar surface area (TPSA) is 46.2 Å². The van der Waals surface area contributed by atoms with E-state index in [0.29, 0.717) is 18.0 Å². The maximum absolute atomic E-state index is 14.0. The summed E-state index contributed by atoms with van der Waals surface area (Å²) in [4.78, 5) is 0. The average molecular weight is 251 g/mol. The molecule has 0 amide bonds. The molecule has 100 valence electrons. The van der Waals surface area contributed by atoms with Crippen LogP contribution in [0.3, 0.4) is 0 Å². The zero-order valence-corrected chi connectivity index (χ0v) is 10.7. The predicted molar refractivity (Wildman–Crippen MR) is 70.8 cm³/mol. The fourth-order valence-electron chi connectivity index (χ4n) is 3.18. The Kier molecular flexibility index (Phi) is 4.36. The summed E-state index contributed by atoms with van der Waals surface area (Å²) in [6.45, 7) is 0.210. The molecule has 1 atom stereocenters. The van der Waals surface area contributed by atoms with Crippen molar-refractivity contribution in [3.8, 4) is 0 Å². The molecule has 0 spiro atoms. The third kappa shape index (κ3) is 2.57. The molecule has 18 heavy (non-hydrogen) atoms. The van der Waals surface area contributed by atoms with Crippen LogP contribution in [0, 0.1) is 11.7 Å². The predicted octanol–water partition coefficient (Wildman–Crippen LogP) is 2.59. The molecular formula is C15H22FNO. The van der Waals surface area contributed by atoms with Crippen LogP contribution in [0.5, 0.6) is 0 Å². The van der Waals surface area contributed by atoms with Gasteiger partial charge in [-0.2, -0.15) is 0 Å². The van der Waals surface area contributed by atoms with Crippen LogP contribution in [0.2, 0.25) is 0 Å². The van der Waals surface area contributed by atoms with Gasteiger partial charge in [-0.25, -0.2) is 4.39 Å². The summed E-state index contributed by atoms with van der Waals surface area (Å²) in [6, 6.07) is 6.69. The molecule has 3 N–H and O–H groups in total. The number of aliphatic hydroxyl groups excluding tert-OH is 1. The first kappa shape index (κ1) is 13.5. The highest BCUT2D eigenvalue weighted by atomic mass is 19.1. The van der Waals surface area contributed by atoms with Gasteiger partial charge in [0.2, 0.25) is 0 Å². The second-order valence-corrected chi connectivity index (χ2v) is 5.48. The number of aliphatic hydroxyl groups is 1. The number of rotatable bonds is 5. The fourth-order valence-corrected chi connectivity index (χ4v) is 3.18. The van der Waals surface area contributed by atoms with Crippen molar-refractivity contribution in [3.63, 3.8) is 0 Å². The van der Waals surface area contributed by atoms with Crippen molar-refractivity contribution in [2.45, 2.75) is 37.5 Å². The van der Waals surface area contributed by atoms with Gasteiger partial charge < -0.3 is 10.8 Å². The van der Waals surface area contributed by atoms with Crippen molar-refractivity contribution in [1.82, 2.24) is 0 Å². The number of halogens is 1. The molecule has 1 fully saturated rings. The van der Waals surface area contributed by atoms with Crippen LogP contribution < -0.4 is 5.73 Å². The molecule has 1 aliphatic rings. The maximum atomic E-state index is 14.0. The van der Waals surface area contributed by atoms with E-state index in [-0.39, 0.29) is 12.4 Å². The molecule has 0 heterocycles. The van der Waals surface area contributed by atoms with E-state index in [0.717, 1.165) is 6.42 Å². The summed E-state index contributed by atoms with van der Waals surface area (Å²) in [5, 5.41) is 9.77. The van der Waals surface area contributed by atoms with E-state index in [2.05, 4.69) is 0 Å². The van der Waals surface area contributed by atoms with Crippen LogP contribution in [0.15, 0.2) is 24.3 Å². The second kappa shape index (κ2) is 5.81. The average Bonchev–Trinajstić information content (AvgIpc) is 2.90. The Labute approximate surface area is 108 Å². The standard InChI is InChI=1S/C15H22FNO/c16-14-8-4-3-7-13(14)15(10-17,11-18)9-12-5-1-2-6-12/h3-4,7-8,12,18H,1-2,5-6,9-11,17H2. The van der Waals surface area contributed by atoms with Crippen molar-refractivity contribution in [1.29, 1.82) is 0 Å². The van der Waals surface area contributed by atoms with Gasteiger partial charge in [0, 0.05) is 12.0 Å². The minimum atomic E-state index is -0.611. The third-order valence-electron chi connectivity index (χ3n) is 4.29. The van der Waals surface area contributed by atoms with Gasteiger partial charge >= 0.3 is 0 Å². The van der Waals surface area contributed by atoms with Gasteiger partial charge in [0.25, 0.3) is 0 Å². The molecule has 2 rings (SSSR count). The first-order valence-electron chi connectivity index (χ1n) is 6.78. The monoisotopic (exact) mass is 251 g/mol. The molecule has 1 aromatic carbocycles. The molecule has 1 aromatic rings. The third-order valence-corrected chi connectivity index (χ3v) is 4.29. The largest absolute Gasteiger partial charge is 0.395 e. The first-order chi connectivity index (χ1) is 8.72. The summed E-state index contributed by atoms with van der Waals surface area (Å²) in [7, 11) is 0. The number of nitrogens with two attached hydrogens (primary N) is 1. The summed E-state index contributed by atoms with van der Waals surface area (Å²) in [6.07, 6.45) is 5.63. The zero-order chi connectivity index (χ0) is 13.0. The van der Waals surface area contributed by atoms with E-state index >= 15 is 0 Å². The Bertz CT molecular complexity index is 384. The Balaban J connectivity index is 2.27. The van der Waals surface area contributed by atoms with Gasteiger partial charge in [0.15, 0.2) is 0 Å². The number of hydrogen-bond donors (Lipinski definition) is 2. The highest BCUT2D eigenvalue weighted by Gasteiger charge is 2.36. The summed E-state index contributed by atoms with van der Waals surface area (Å²) < 4.78 is 14.0. The maximum Gasteiger partial charge on any atom is 0.127 e. The lowest BCUT2D eigenvalue weighted by atomic mass is 9.73. The number of hydrogen-bond acceptors (Lipinski definition) is 2. The lowest BCUT2D eigenvalue weighted by molar-refractivity contribution is 0.165. The smallest absolute Gasteiger partial charge is 0.127 e. The van der Waals surface area contributed by atoms with Crippen molar-refractivity contribution in [3.05, 3.63) is 35.6 Å². The van der Waals surface area contributed by atoms with E-state index < -0.39 is 5.41 Å².